The molecule has 0 saturated heterocycles. The molecule has 1 N–H and O–H groups in total. The lowest BCUT2D eigenvalue weighted by atomic mass is 10.00. The molecule has 29 heavy (non-hydrogen) atoms. The second-order valence-electron chi connectivity index (χ2n) is 7.55. The maximum absolute atomic E-state index is 5.26. The van der Waals surface area contributed by atoms with Gasteiger partial charge in [0.05, 0.1) is 12.8 Å². The summed E-state index contributed by atoms with van der Waals surface area (Å²) in [6.07, 6.45) is 11.2. The third kappa shape index (κ3) is 3.64. The summed E-state index contributed by atoms with van der Waals surface area (Å²) in [5.74, 6) is 0.876. The van der Waals surface area contributed by atoms with Crippen LogP contribution in [0.15, 0.2) is 96.9 Å². The first kappa shape index (κ1) is 17.6. The largest absolute Gasteiger partial charge is 0.497 e. The Labute approximate surface area is 171 Å². The minimum Gasteiger partial charge on any atom is -0.497 e. The van der Waals surface area contributed by atoms with Gasteiger partial charge in [-0.15, -0.1) is 0 Å². The smallest absolute Gasteiger partial charge is 0.123 e. The average Bonchev–Trinajstić information content (AvgIpc) is 3.21. The number of benzene rings is 3. The van der Waals surface area contributed by atoms with E-state index in [4.69, 9.17) is 4.74 Å². The summed E-state index contributed by atoms with van der Waals surface area (Å²) in [5.41, 5.74) is 5.06. The van der Waals surface area contributed by atoms with Crippen molar-refractivity contribution in [3.8, 4) is 5.75 Å². The molecule has 1 atom stereocenters. The maximum Gasteiger partial charge on any atom is 0.123 e. The number of rotatable bonds is 5. The van der Waals surface area contributed by atoms with Crippen LogP contribution in [0.1, 0.15) is 17.5 Å². The zero-order valence-corrected chi connectivity index (χ0v) is 16.5. The van der Waals surface area contributed by atoms with Gasteiger partial charge in [-0.25, -0.2) is 0 Å². The van der Waals surface area contributed by atoms with Gasteiger partial charge in [0, 0.05) is 12.4 Å². The second-order valence-corrected chi connectivity index (χ2v) is 7.55. The van der Waals surface area contributed by atoms with E-state index in [1.165, 1.54) is 27.5 Å². The van der Waals surface area contributed by atoms with E-state index in [0.717, 1.165) is 24.3 Å². The third-order valence-corrected chi connectivity index (χ3v) is 5.65. The van der Waals surface area contributed by atoms with Crippen LogP contribution < -0.4 is 10.1 Å². The first-order chi connectivity index (χ1) is 14.3. The molecule has 3 heteroatoms. The summed E-state index contributed by atoms with van der Waals surface area (Å²) in [6.45, 7) is 0. The first-order valence-corrected chi connectivity index (χ1v) is 10.1. The monoisotopic (exact) mass is 380 g/mol. The van der Waals surface area contributed by atoms with Crippen molar-refractivity contribution >= 4 is 16.5 Å². The van der Waals surface area contributed by atoms with Crippen molar-refractivity contribution in [2.45, 2.75) is 19.0 Å². The number of allylic oxidation sites excluding steroid dienone is 2. The molecule has 0 aliphatic carbocycles. The van der Waals surface area contributed by atoms with Crippen LogP contribution in [0.2, 0.25) is 0 Å². The lowest BCUT2D eigenvalue weighted by molar-refractivity contribution is 0.414. The van der Waals surface area contributed by atoms with E-state index in [1.807, 2.05) is 12.1 Å². The summed E-state index contributed by atoms with van der Waals surface area (Å²) in [7, 11) is 1.69. The molecule has 0 aromatic heterocycles. The van der Waals surface area contributed by atoms with E-state index in [9.17, 15) is 0 Å². The lowest BCUT2D eigenvalue weighted by Crippen LogP contribution is -2.32. The van der Waals surface area contributed by atoms with Crippen molar-refractivity contribution in [2.75, 3.05) is 7.11 Å². The van der Waals surface area contributed by atoms with E-state index in [-0.39, 0.29) is 6.17 Å². The number of hydrogen-bond donors (Lipinski definition) is 1. The van der Waals surface area contributed by atoms with Crippen LogP contribution in [0.3, 0.4) is 0 Å². The normalized spacial score (nSPS) is 17.6. The highest BCUT2D eigenvalue weighted by atomic mass is 16.5. The van der Waals surface area contributed by atoms with E-state index in [1.54, 1.807) is 7.11 Å². The molecule has 0 radical (unpaired) electrons. The molecule has 3 aromatic carbocycles. The Balaban J connectivity index is 1.25. The Morgan fingerprint density at radius 2 is 1.76 bits per heavy atom. The highest BCUT2D eigenvalue weighted by Gasteiger charge is 2.23. The van der Waals surface area contributed by atoms with Crippen LogP contribution in [0.5, 0.6) is 5.75 Å². The summed E-state index contributed by atoms with van der Waals surface area (Å²) < 4.78 is 5.26. The predicted molar refractivity (Wildman–Crippen MR) is 119 cm³/mol. The molecule has 0 amide bonds. The zero-order chi connectivity index (χ0) is 19.6. The van der Waals surface area contributed by atoms with E-state index in [2.05, 4.69) is 89.4 Å². The Morgan fingerprint density at radius 1 is 0.931 bits per heavy atom. The maximum atomic E-state index is 5.26. The summed E-state index contributed by atoms with van der Waals surface area (Å²) in [5, 5.41) is 6.23. The number of nitrogens with one attached hydrogen (secondary N) is 1. The van der Waals surface area contributed by atoms with Crippen LogP contribution in [-0.4, -0.2) is 18.2 Å². The van der Waals surface area contributed by atoms with Gasteiger partial charge in [0.2, 0.25) is 0 Å². The van der Waals surface area contributed by atoms with Crippen molar-refractivity contribution in [2.24, 2.45) is 0 Å². The van der Waals surface area contributed by atoms with Gasteiger partial charge in [-0.3, -0.25) is 0 Å². The van der Waals surface area contributed by atoms with E-state index < -0.39 is 0 Å². The van der Waals surface area contributed by atoms with Crippen molar-refractivity contribution in [3.63, 3.8) is 0 Å². The van der Waals surface area contributed by atoms with E-state index in [0.29, 0.717) is 0 Å². The molecular weight excluding hydrogens is 356 g/mol. The van der Waals surface area contributed by atoms with Crippen LogP contribution in [0, 0.1) is 0 Å². The highest BCUT2D eigenvalue weighted by Crippen LogP contribution is 2.27. The molecule has 0 bridgehead atoms. The molecule has 0 fully saturated rings. The number of methoxy groups -OCH3 is 1. The number of hydrogen-bond acceptors (Lipinski definition) is 3. The Morgan fingerprint density at radius 3 is 2.59 bits per heavy atom. The summed E-state index contributed by atoms with van der Waals surface area (Å²) in [4.78, 5) is 2.22. The van der Waals surface area contributed by atoms with Gasteiger partial charge in [-0.2, -0.15) is 0 Å². The van der Waals surface area contributed by atoms with Crippen molar-refractivity contribution in [3.05, 3.63) is 108 Å². The number of fused-ring (bicyclic) bond motifs is 2. The van der Waals surface area contributed by atoms with Crippen LogP contribution in [0.4, 0.5) is 0 Å². The molecule has 0 saturated carbocycles. The first-order valence-electron chi connectivity index (χ1n) is 10.1. The van der Waals surface area contributed by atoms with Crippen LogP contribution in [0.25, 0.3) is 16.5 Å². The molecule has 2 aliphatic heterocycles. The quantitative estimate of drug-likeness (QED) is 0.636. The lowest BCUT2D eigenvalue weighted by Gasteiger charge is -2.24. The molecule has 0 spiro atoms. The van der Waals surface area contributed by atoms with Gasteiger partial charge in [-0.05, 0) is 76.7 Å². The number of nitrogens with zero attached hydrogens (tertiary/aromatic N) is 1. The fraction of sp³-hybridized carbons (Fsp3) is 0.154. The number of ether oxygens (including phenoxy) is 1. The van der Waals surface area contributed by atoms with Crippen LogP contribution in [-0.2, 0) is 6.42 Å². The molecule has 3 aromatic rings. The second kappa shape index (κ2) is 7.51. The number of aryl methyl sites for hydroxylation is 1. The van der Waals surface area contributed by atoms with Gasteiger partial charge in [0.15, 0.2) is 0 Å². The molecule has 144 valence electrons. The minimum atomic E-state index is 0.184. The Bertz CT molecular complexity index is 1120. The topological polar surface area (TPSA) is 24.5 Å². The standard InChI is InChI=1S/C26H24N2O/c1-29-24-12-10-22(11-13-24)25-18-28-15-14-20(17-26(28)27-25)7-6-19-8-9-21-4-2-3-5-23(21)16-19/h2-5,8-18,26-27H,6-7H2,1H3. The van der Waals surface area contributed by atoms with Crippen molar-refractivity contribution in [1.82, 2.24) is 10.2 Å². The molecular formula is C26H24N2O. The highest BCUT2D eigenvalue weighted by molar-refractivity contribution is 5.83. The van der Waals surface area contributed by atoms with Gasteiger partial charge >= 0.3 is 0 Å². The zero-order valence-electron chi connectivity index (χ0n) is 16.5. The fourth-order valence-corrected chi connectivity index (χ4v) is 3.98. The molecule has 2 heterocycles. The molecule has 2 aliphatic rings. The minimum absolute atomic E-state index is 0.184. The van der Waals surface area contributed by atoms with Crippen LogP contribution >= 0.6 is 0 Å². The average molecular weight is 380 g/mol. The molecule has 3 nitrogen and oxygen atoms in total. The molecule has 5 rings (SSSR count). The van der Waals surface area contributed by atoms with Crippen molar-refractivity contribution < 1.29 is 4.74 Å². The fourth-order valence-electron chi connectivity index (χ4n) is 3.98. The summed E-state index contributed by atoms with van der Waals surface area (Å²) >= 11 is 0. The van der Waals surface area contributed by atoms with Gasteiger partial charge < -0.3 is 15.0 Å². The third-order valence-electron chi connectivity index (χ3n) is 5.65. The summed E-state index contributed by atoms with van der Waals surface area (Å²) in [6, 6.07) is 23.5. The predicted octanol–water partition coefficient (Wildman–Crippen LogP) is 5.46. The molecule has 1 unspecified atom stereocenters. The SMILES string of the molecule is COc1ccc(C2=CN3C=CC(CCc4ccc5ccccc5c4)=CC3N2)cc1. The Kier molecular flexibility index (Phi) is 4.57. The van der Waals surface area contributed by atoms with Gasteiger partial charge in [0.25, 0.3) is 0 Å². The Hall–Kier alpha value is -3.46. The van der Waals surface area contributed by atoms with Gasteiger partial charge in [0.1, 0.15) is 11.9 Å². The van der Waals surface area contributed by atoms with Gasteiger partial charge in [-0.1, -0.05) is 42.5 Å². The van der Waals surface area contributed by atoms with E-state index >= 15 is 0 Å². The van der Waals surface area contributed by atoms with Crippen molar-refractivity contribution in [1.29, 1.82) is 0 Å².